The van der Waals surface area contributed by atoms with E-state index in [4.69, 9.17) is 4.52 Å². The summed E-state index contributed by atoms with van der Waals surface area (Å²) in [6.45, 7) is 3.42. The van der Waals surface area contributed by atoms with Crippen LogP contribution in [0.1, 0.15) is 22.7 Å². The molecule has 4 heterocycles. The number of carbonyl (C=O) groups excluding carboxylic acids is 1. The van der Waals surface area contributed by atoms with Gasteiger partial charge in [-0.3, -0.25) is 9.69 Å². The van der Waals surface area contributed by atoms with Crippen LogP contribution in [0, 0.1) is 0 Å². The number of rotatable bonds is 8. The maximum Gasteiger partial charge on any atom is 0.290 e. The number of alkyl halides is 2. The number of aromatic nitrogens is 3. The number of hydrogen-bond acceptors (Lipinski definition) is 8. The van der Waals surface area contributed by atoms with Crippen LogP contribution in [-0.2, 0) is 6.42 Å². The highest BCUT2D eigenvalue weighted by Crippen LogP contribution is 2.27. The van der Waals surface area contributed by atoms with Gasteiger partial charge in [-0.15, -0.1) is 11.3 Å². The quantitative estimate of drug-likeness (QED) is 0.467. The zero-order chi connectivity index (χ0) is 21.6. The number of amides is 1. The summed E-state index contributed by atoms with van der Waals surface area (Å²) in [6, 6.07) is 7.07. The molecule has 0 N–H and O–H groups in total. The first-order chi connectivity index (χ1) is 15.1. The van der Waals surface area contributed by atoms with E-state index in [2.05, 4.69) is 20.0 Å². The molecule has 0 saturated carbocycles. The number of hydrogen-bond donors (Lipinski definition) is 0. The minimum absolute atomic E-state index is 0.0754. The highest BCUT2D eigenvalue weighted by atomic mass is 32.2. The number of pyridine rings is 1. The van der Waals surface area contributed by atoms with Gasteiger partial charge in [0, 0.05) is 38.8 Å². The SMILES string of the molecule is O=C(c1cccnc1SC(F)F)N1CCN(CCCc2nc(-c3cccs3)no2)CC1. The van der Waals surface area contributed by atoms with Crippen molar-refractivity contribution in [2.24, 2.45) is 0 Å². The van der Waals surface area contributed by atoms with E-state index in [1.54, 1.807) is 28.4 Å². The second kappa shape index (κ2) is 10.3. The Morgan fingerprint density at radius 3 is 2.81 bits per heavy atom. The van der Waals surface area contributed by atoms with E-state index in [-0.39, 0.29) is 16.5 Å². The van der Waals surface area contributed by atoms with Crippen LogP contribution < -0.4 is 0 Å². The molecule has 7 nitrogen and oxygen atoms in total. The van der Waals surface area contributed by atoms with Crippen molar-refractivity contribution in [1.82, 2.24) is 24.9 Å². The highest BCUT2D eigenvalue weighted by Gasteiger charge is 2.25. The smallest absolute Gasteiger partial charge is 0.290 e. The molecule has 0 radical (unpaired) electrons. The molecule has 31 heavy (non-hydrogen) atoms. The maximum atomic E-state index is 12.8. The lowest BCUT2D eigenvalue weighted by Gasteiger charge is -2.34. The second-order valence-electron chi connectivity index (χ2n) is 6.96. The van der Waals surface area contributed by atoms with Crippen molar-refractivity contribution in [2.75, 3.05) is 32.7 Å². The van der Waals surface area contributed by atoms with E-state index < -0.39 is 5.76 Å². The minimum Gasteiger partial charge on any atom is -0.339 e. The summed E-state index contributed by atoms with van der Waals surface area (Å²) in [5.41, 5.74) is 0.235. The van der Waals surface area contributed by atoms with E-state index in [1.165, 1.54) is 6.20 Å². The lowest BCUT2D eigenvalue weighted by molar-refractivity contribution is 0.0631. The predicted molar refractivity (Wildman–Crippen MR) is 114 cm³/mol. The number of aryl methyl sites for hydroxylation is 1. The van der Waals surface area contributed by atoms with E-state index in [9.17, 15) is 13.6 Å². The third kappa shape index (κ3) is 5.66. The average molecular weight is 466 g/mol. The first-order valence-corrected chi connectivity index (χ1v) is 11.6. The Kier molecular flexibility index (Phi) is 7.25. The van der Waals surface area contributed by atoms with Gasteiger partial charge in [0.05, 0.1) is 10.4 Å². The molecule has 0 spiro atoms. The molecule has 3 aromatic rings. The van der Waals surface area contributed by atoms with E-state index in [0.29, 0.717) is 43.0 Å². The second-order valence-corrected chi connectivity index (χ2v) is 8.89. The van der Waals surface area contributed by atoms with Gasteiger partial charge in [0.2, 0.25) is 11.7 Å². The monoisotopic (exact) mass is 465 g/mol. The Balaban J connectivity index is 1.23. The van der Waals surface area contributed by atoms with Crippen molar-refractivity contribution in [3.63, 3.8) is 0 Å². The molecule has 0 aromatic carbocycles. The molecule has 11 heteroatoms. The van der Waals surface area contributed by atoms with Crippen LogP contribution in [0.3, 0.4) is 0 Å². The molecule has 4 rings (SSSR count). The minimum atomic E-state index is -2.61. The zero-order valence-electron chi connectivity index (χ0n) is 16.6. The number of thiophene rings is 1. The van der Waals surface area contributed by atoms with Gasteiger partial charge in [0.15, 0.2) is 0 Å². The molecule has 1 fully saturated rings. The summed E-state index contributed by atoms with van der Waals surface area (Å²) in [6.07, 6.45) is 2.99. The van der Waals surface area contributed by atoms with Crippen LogP contribution in [0.2, 0.25) is 0 Å². The van der Waals surface area contributed by atoms with Gasteiger partial charge in [0.1, 0.15) is 5.03 Å². The predicted octanol–water partition coefficient (Wildman–Crippen LogP) is 3.90. The zero-order valence-corrected chi connectivity index (χ0v) is 18.2. The molecule has 3 aromatic heterocycles. The van der Waals surface area contributed by atoms with E-state index in [0.717, 1.165) is 30.9 Å². The summed E-state index contributed by atoms with van der Waals surface area (Å²) < 4.78 is 30.8. The molecule has 1 amide bonds. The molecule has 164 valence electrons. The van der Waals surface area contributed by atoms with Crippen LogP contribution in [-0.4, -0.2) is 69.3 Å². The first kappa shape index (κ1) is 21.8. The fraction of sp³-hybridized carbons (Fsp3) is 0.400. The van der Waals surface area contributed by atoms with Crippen molar-refractivity contribution in [3.05, 3.63) is 47.3 Å². The molecule has 0 atom stereocenters. The van der Waals surface area contributed by atoms with Crippen molar-refractivity contribution >= 4 is 29.0 Å². The third-order valence-electron chi connectivity index (χ3n) is 4.94. The summed E-state index contributed by atoms with van der Waals surface area (Å²) >= 11 is 1.88. The summed E-state index contributed by atoms with van der Waals surface area (Å²) in [5, 5.41) is 6.07. The van der Waals surface area contributed by atoms with Gasteiger partial charge in [-0.2, -0.15) is 13.8 Å². The summed E-state index contributed by atoms with van der Waals surface area (Å²) in [7, 11) is 0. The lowest BCUT2D eigenvalue weighted by atomic mass is 10.2. The number of carbonyl (C=O) groups is 1. The number of halogens is 2. The third-order valence-corrected chi connectivity index (χ3v) is 6.53. The lowest BCUT2D eigenvalue weighted by Crippen LogP contribution is -2.49. The number of nitrogens with zero attached hydrogens (tertiary/aromatic N) is 5. The van der Waals surface area contributed by atoms with Gasteiger partial charge in [0.25, 0.3) is 11.7 Å². The number of thioether (sulfide) groups is 1. The summed E-state index contributed by atoms with van der Waals surface area (Å²) in [4.78, 5) is 26.1. The van der Waals surface area contributed by atoms with Crippen LogP contribution in [0.25, 0.3) is 10.7 Å². The van der Waals surface area contributed by atoms with Crippen molar-refractivity contribution < 1.29 is 18.1 Å². The van der Waals surface area contributed by atoms with Crippen LogP contribution in [0.5, 0.6) is 0 Å². The maximum absolute atomic E-state index is 12.8. The summed E-state index contributed by atoms with van der Waals surface area (Å²) in [5.74, 6) is -1.61. The molecular formula is C20H21F2N5O2S2. The van der Waals surface area contributed by atoms with Gasteiger partial charge >= 0.3 is 0 Å². The van der Waals surface area contributed by atoms with Crippen LogP contribution in [0.4, 0.5) is 8.78 Å². The normalized spacial score (nSPS) is 15.0. The topological polar surface area (TPSA) is 75.4 Å². The van der Waals surface area contributed by atoms with Crippen LogP contribution in [0.15, 0.2) is 45.4 Å². The Labute approximate surface area is 186 Å². The average Bonchev–Trinajstić information content (AvgIpc) is 3.46. The van der Waals surface area contributed by atoms with E-state index >= 15 is 0 Å². The number of piperazine rings is 1. The molecule has 1 aliphatic rings. The van der Waals surface area contributed by atoms with Gasteiger partial charge in [-0.1, -0.05) is 11.2 Å². The highest BCUT2D eigenvalue weighted by molar-refractivity contribution is 7.99. The Bertz CT molecular complexity index is 991. The van der Waals surface area contributed by atoms with E-state index in [1.807, 2.05) is 17.5 Å². The molecule has 0 bridgehead atoms. The van der Waals surface area contributed by atoms with Crippen LogP contribution >= 0.6 is 23.1 Å². The molecule has 0 unspecified atom stereocenters. The molecule has 1 saturated heterocycles. The Hall–Kier alpha value is -2.37. The standard InChI is InChI=1S/C20H21F2N5O2S2/c21-20(22)31-18-14(4-1-7-23-18)19(28)27-11-9-26(10-12-27)8-2-6-16-24-17(25-29-16)15-5-3-13-30-15/h1,3-5,7,13,20H,2,6,8-12H2. The Morgan fingerprint density at radius 2 is 2.06 bits per heavy atom. The molecule has 1 aliphatic heterocycles. The molecular weight excluding hydrogens is 444 g/mol. The fourth-order valence-corrected chi connectivity index (χ4v) is 4.61. The largest absolute Gasteiger partial charge is 0.339 e. The van der Waals surface area contributed by atoms with Crippen molar-refractivity contribution in [2.45, 2.75) is 23.6 Å². The Morgan fingerprint density at radius 1 is 1.23 bits per heavy atom. The first-order valence-electron chi connectivity index (χ1n) is 9.88. The van der Waals surface area contributed by atoms with Crippen molar-refractivity contribution in [3.8, 4) is 10.7 Å². The molecule has 0 aliphatic carbocycles. The van der Waals surface area contributed by atoms with Gasteiger partial charge in [-0.25, -0.2) is 4.98 Å². The van der Waals surface area contributed by atoms with Gasteiger partial charge < -0.3 is 9.42 Å². The fourth-order valence-electron chi connectivity index (χ4n) is 3.39. The van der Waals surface area contributed by atoms with Gasteiger partial charge in [-0.05, 0) is 48.3 Å². The van der Waals surface area contributed by atoms with Crippen molar-refractivity contribution in [1.29, 1.82) is 0 Å².